The third kappa shape index (κ3) is 2.72. The molecule has 0 atom stereocenters. The largest absolute Gasteiger partial charge is 0.450 e. The summed E-state index contributed by atoms with van der Waals surface area (Å²) in [5.74, 6) is 0.281. The second kappa shape index (κ2) is 6.19. The number of carbonyl (C=O) groups is 2. The van der Waals surface area contributed by atoms with Gasteiger partial charge in [-0.2, -0.15) is 0 Å². The smallest absolute Gasteiger partial charge is 0.314 e. The highest BCUT2D eigenvalue weighted by Gasteiger charge is 2.27. The van der Waals surface area contributed by atoms with Gasteiger partial charge in [0.15, 0.2) is 5.76 Å². The van der Waals surface area contributed by atoms with Crippen LogP contribution in [0.1, 0.15) is 33.7 Å². The lowest BCUT2D eigenvalue weighted by Gasteiger charge is -2.20. The maximum Gasteiger partial charge on any atom is 0.314 e. The summed E-state index contributed by atoms with van der Waals surface area (Å²) in [5, 5.41) is 1.02. The quantitative estimate of drug-likeness (QED) is 0.873. The fourth-order valence-corrected chi connectivity index (χ4v) is 3.36. The minimum absolute atomic E-state index is 0.117. The molecule has 24 heavy (non-hydrogen) atoms. The van der Waals surface area contributed by atoms with Crippen LogP contribution in [0.2, 0.25) is 0 Å². The van der Waals surface area contributed by atoms with Crippen LogP contribution in [0, 0.1) is 20.8 Å². The molecule has 0 bridgehead atoms. The maximum atomic E-state index is 12.9. The normalized spacial score (nSPS) is 15.6. The molecule has 1 aliphatic heterocycles. The molecule has 6 nitrogen and oxygen atoms in total. The Kier molecular flexibility index (Phi) is 4.22. The Morgan fingerprint density at radius 3 is 2.29 bits per heavy atom. The number of hydrogen-bond acceptors (Lipinski definition) is 3. The standard InChI is InChI=1S/C18H23N3O3/c1-11-5-6-12(2)15-14(11)13(3)16(24-15)17(22)20-7-4-8-21(10-9-20)18(19)23/h5-6H,4,7-10H2,1-3H3,(H2,19,23). The number of nitrogens with zero attached hydrogens (tertiary/aromatic N) is 2. The lowest BCUT2D eigenvalue weighted by Crippen LogP contribution is -2.39. The Labute approximate surface area is 141 Å². The highest BCUT2D eigenvalue weighted by Crippen LogP contribution is 2.31. The molecule has 1 saturated heterocycles. The number of carbonyl (C=O) groups excluding carboxylic acids is 2. The lowest BCUT2D eigenvalue weighted by molar-refractivity contribution is 0.0732. The van der Waals surface area contributed by atoms with Gasteiger partial charge in [-0.3, -0.25) is 4.79 Å². The summed E-state index contributed by atoms with van der Waals surface area (Å²) in [6, 6.07) is 3.62. The van der Waals surface area contributed by atoms with Gasteiger partial charge in [-0.25, -0.2) is 4.79 Å². The van der Waals surface area contributed by atoms with E-state index in [0.717, 1.165) is 27.7 Å². The monoisotopic (exact) mass is 329 g/mol. The van der Waals surface area contributed by atoms with Crippen molar-refractivity contribution in [3.63, 3.8) is 0 Å². The number of hydrogen-bond donors (Lipinski definition) is 1. The van der Waals surface area contributed by atoms with E-state index in [1.165, 1.54) is 0 Å². The fourth-order valence-electron chi connectivity index (χ4n) is 3.36. The Bertz CT molecular complexity index is 809. The third-order valence-electron chi connectivity index (χ3n) is 4.77. The molecule has 1 fully saturated rings. The fraction of sp³-hybridized carbons (Fsp3) is 0.444. The van der Waals surface area contributed by atoms with Crippen molar-refractivity contribution < 1.29 is 14.0 Å². The first-order chi connectivity index (χ1) is 11.4. The number of aryl methyl sites for hydroxylation is 3. The van der Waals surface area contributed by atoms with Crippen LogP contribution in [-0.2, 0) is 0 Å². The van der Waals surface area contributed by atoms with E-state index < -0.39 is 6.03 Å². The Hall–Kier alpha value is -2.50. The van der Waals surface area contributed by atoms with Crippen molar-refractivity contribution in [3.8, 4) is 0 Å². The van der Waals surface area contributed by atoms with Gasteiger partial charge in [0.25, 0.3) is 5.91 Å². The average Bonchev–Trinajstić information content (AvgIpc) is 2.73. The summed E-state index contributed by atoms with van der Waals surface area (Å²) in [6.45, 7) is 8.03. The maximum absolute atomic E-state index is 12.9. The van der Waals surface area contributed by atoms with Crippen LogP contribution >= 0.6 is 0 Å². The zero-order valence-electron chi connectivity index (χ0n) is 14.4. The highest BCUT2D eigenvalue weighted by molar-refractivity contribution is 6.00. The van der Waals surface area contributed by atoms with Gasteiger partial charge in [0.05, 0.1) is 0 Å². The van der Waals surface area contributed by atoms with E-state index in [1.807, 2.05) is 32.9 Å². The molecule has 1 aromatic carbocycles. The Morgan fingerprint density at radius 2 is 1.62 bits per heavy atom. The zero-order chi connectivity index (χ0) is 17.4. The molecule has 0 aliphatic carbocycles. The molecule has 0 unspecified atom stereocenters. The van der Waals surface area contributed by atoms with Crippen LogP contribution in [0.25, 0.3) is 11.0 Å². The molecule has 0 radical (unpaired) electrons. The van der Waals surface area contributed by atoms with Crippen molar-refractivity contribution in [1.29, 1.82) is 0 Å². The molecular formula is C18H23N3O3. The third-order valence-corrected chi connectivity index (χ3v) is 4.77. The second-order valence-corrected chi connectivity index (χ2v) is 6.43. The van der Waals surface area contributed by atoms with Crippen LogP contribution in [0.5, 0.6) is 0 Å². The van der Waals surface area contributed by atoms with Crippen LogP contribution in [0.4, 0.5) is 4.79 Å². The number of rotatable bonds is 1. The summed E-state index contributed by atoms with van der Waals surface area (Å²) in [5.41, 5.74) is 9.13. The predicted molar refractivity (Wildman–Crippen MR) is 92.1 cm³/mol. The predicted octanol–water partition coefficient (Wildman–Crippen LogP) is 2.58. The highest BCUT2D eigenvalue weighted by atomic mass is 16.3. The summed E-state index contributed by atoms with van der Waals surface area (Å²) in [6.07, 6.45) is 0.714. The SMILES string of the molecule is Cc1ccc(C)c2c(C)c(C(=O)N3CCCN(C(N)=O)CC3)oc12. The molecule has 128 valence electrons. The molecular weight excluding hydrogens is 306 g/mol. The summed E-state index contributed by atoms with van der Waals surface area (Å²) in [7, 11) is 0. The van der Waals surface area contributed by atoms with E-state index in [9.17, 15) is 9.59 Å². The molecule has 3 amide bonds. The average molecular weight is 329 g/mol. The van der Waals surface area contributed by atoms with Gasteiger partial charge in [0, 0.05) is 37.1 Å². The molecule has 1 aliphatic rings. The van der Waals surface area contributed by atoms with Gasteiger partial charge in [-0.1, -0.05) is 12.1 Å². The number of urea groups is 1. The van der Waals surface area contributed by atoms with Gasteiger partial charge in [-0.15, -0.1) is 0 Å². The number of primary amides is 1. The number of furan rings is 1. The number of fused-ring (bicyclic) bond motifs is 1. The zero-order valence-corrected chi connectivity index (χ0v) is 14.4. The number of nitrogens with two attached hydrogens (primary N) is 1. The molecule has 1 aromatic heterocycles. The van der Waals surface area contributed by atoms with Crippen LogP contribution in [0.15, 0.2) is 16.5 Å². The number of benzene rings is 1. The Morgan fingerprint density at radius 1 is 1.00 bits per heavy atom. The minimum Gasteiger partial charge on any atom is -0.450 e. The van der Waals surface area contributed by atoms with E-state index in [4.69, 9.17) is 10.2 Å². The molecule has 3 rings (SSSR count). The van der Waals surface area contributed by atoms with Crippen molar-refractivity contribution in [2.75, 3.05) is 26.2 Å². The lowest BCUT2D eigenvalue weighted by atomic mass is 10.0. The Balaban J connectivity index is 1.92. The summed E-state index contributed by atoms with van der Waals surface area (Å²) >= 11 is 0. The first-order valence-electron chi connectivity index (χ1n) is 8.23. The first-order valence-corrected chi connectivity index (χ1v) is 8.23. The van der Waals surface area contributed by atoms with E-state index in [-0.39, 0.29) is 5.91 Å². The topological polar surface area (TPSA) is 79.8 Å². The van der Waals surface area contributed by atoms with Gasteiger partial charge in [0.1, 0.15) is 5.58 Å². The van der Waals surface area contributed by atoms with E-state index in [0.29, 0.717) is 38.4 Å². The molecule has 2 aromatic rings. The minimum atomic E-state index is -0.435. The van der Waals surface area contributed by atoms with Gasteiger partial charge >= 0.3 is 6.03 Å². The van der Waals surface area contributed by atoms with Crippen LogP contribution in [0.3, 0.4) is 0 Å². The summed E-state index contributed by atoms with van der Waals surface area (Å²) in [4.78, 5) is 27.6. The van der Waals surface area contributed by atoms with Gasteiger partial charge in [0.2, 0.25) is 0 Å². The van der Waals surface area contributed by atoms with Gasteiger partial charge in [-0.05, 0) is 38.3 Å². The number of amides is 3. The van der Waals surface area contributed by atoms with E-state index in [2.05, 4.69) is 0 Å². The van der Waals surface area contributed by atoms with Crippen molar-refractivity contribution in [3.05, 3.63) is 34.6 Å². The molecule has 0 saturated carbocycles. The first kappa shape index (κ1) is 16.4. The van der Waals surface area contributed by atoms with Crippen LogP contribution in [-0.4, -0.2) is 47.9 Å². The van der Waals surface area contributed by atoms with Crippen molar-refractivity contribution in [2.24, 2.45) is 5.73 Å². The second-order valence-electron chi connectivity index (χ2n) is 6.43. The van der Waals surface area contributed by atoms with Gasteiger partial charge < -0.3 is 20.0 Å². The molecule has 2 heterocycles. The van der Waals surface area contributed by atoms with Crippen LogP contribution < -0.4 is 5.73 Å². The summed E-state index contributed by atoms with van der Waals surface area (Å²) < 4.78 is 5.94. The molecule has 6 heteroatoms. The molecule has 0 spiro atoms. The van der Waals surface area contributed by atoms with Crippen molar-refractivity contribution >= 4 is 22.9 Å². The van der Waals surface area contributed by atoms with Crippen molar-refractivity contribution in [1.82, 2.24) is 9.80 Å². The van der Waals surface area contributed by atoms with E-state index >= 15 is 0 Å². The van der Waals surface area contributed by atoms with E-state index in [1.54, 1.807) is 9.80 Å². The molecule has 2 N–H and O–H groups in total. The van der Waals surface area contributed by atoms with Crippen molar-refractivity contribution in [2.45, 2.75) is 27.2 Å².